The van der Waals surface area contributed by atoms with Gasteiger partial charge in [0.1, 0.15) is 5.82 Å². The smallest absolute Gasteiger partial charge is 0.313 e. The quantitative estimate of drug-likeness (QED) is 0.803. The molecule has 2 rings (SSSR count). The monoisotopic (exact) mass is 269 g/mol. The molecule has 1 N–H and O–H groups in total. The average molecular weight is 269 g/mol. The van der Waals surface area contributed by atoms with Crippen molar-refractivity contribution in [2.75, 3.05) is 5.75 Å². The van der Waals surface area contributed by atoms with Crippen LogP contribution in [0.4, 0.5) is 0 Å². The lowest BCUT2D eigenvalue weighted by Gasteiger charge is -2.11. The van der Waals surface area contributed by atoms with E-state index in [4.69, 9.17) is 5.11 Å². The summed E-state index contributed by atoms with van der Waals surface area (Å²) in [6, 6.07) is 0. The van der Waals surface area contributed by atoms with E-state index in [0.29, 0.717) is 0 Å². The molecule has 0 bridgehead atoms. The molecule has 0 unspecified atom stereocenters. The fraction of sp³-hybridized carbons (Fsp3) is 0.750. The van der Waals surface area contributed by atoms with Crippen LogP contribution < -0.4 is 0 Å². The van der Waals surface area contributed by atoms with E-state index in [1.165, 1.54) is 37.4 Å². The zero-order chi connectivity index (χ0) is 13.0. The minimum atomic E-state index is -0.817. The third kappa shape index (κ3) is 3.48. The minimum absolute atomic E-state index is 0.0432. The van der Waals surface area contributed by atoms with Crippen LogP contribution in [0.3, 0.4) is 0 Å². The fourth-order valence-corrected chi connectivity index (χ4v) is 3.19. The highest BCUT2D eigenvalue weighted by atomic mass is 32.2. The highest BCUT2D eigenvalue weighted by Crippen LogP contribution is 2.28. The molecule has 0 aromatic carbocycles. The van der Waals surface area contributed by atoms with Crippen LogP contribution in [-0.4, -0.2) is 31.6 Å². The third-order valence-electron chi connectivity index (χ3n) is 3.46. The summed E-state index contributed by atoms with van der Waals surface area (Å²) in [5.74, 6) is 0.926. The van der Waals surface area contributed by atoms with Gasteiger partial charge in [0, 0.05) is 6.54 Å². The molecule has 5 nitrogen and oxygen atoms in total. The molecule has 18 heavy (non-hydrogen) atoms. The summed E-state index contributed by atoms with van der Waals surface area (Å²) in [5.41, 5.74) is 0. The fourth-order valence-electron chi connectivity index (χ4n) is 2.46. The zero-order valence-electron chi connectivity index (χ0n) is 10.6. The second-order valence-electron chi connectivity index (χ2n) is 4.80. The number of rotatable bonds is 6. The maximum atomic E-state index is 10.6. The van der Waals surface area contributed by atoms with E-state index in [1.807, 2.05) is 11.5 Å². The highest BCUT2D eigenvalue weighted by molar-refractivity contribution is 7.99. The summed E-state index contributed by atoms with van der Waals surface area (Å²) in [7, 11) is 0. The summed E-state index contributed by atoms with van der Waals surface area (Å²) in [5, 5.41) is 17.5. The molecular weight excluding hydrogens is 250 g/mol. The van der Waals surface area contributed by atoms with Crippen LogP contribution in [0.2, 0.25) is 0 Å². The van der Waals surface area contributed by atoms with E-state index in [9.17, 15) is 4.79 Å². The Balaban J connectivity index is 1.92. The molecule has 1 saturated carbocycles. The predicted molar refractivity (Wildman–Crippen MR) is 69.7 cm³/mol. The van der Waals surface area contributed by atoms with Gasteiger partial charge in [-0.3, -0.25) is 4.79 Å². The van der Waals surface area contributed by atoms with E-state index >= 15 is 0 Å². The van der Waals surface area contributed by atoms with E-state index in [2.05, 4.69) is 10.2 Å². The van der Waals surface area contributed by atoms with Crippen LogP contribution in [0.15, 0.2) is 5.16 Å². The maximum Gasteiger partial charge on any atom is 0.313 e. The largest absolute Gasteiger partial charge is 0.481 e. The first-order chi connectivity index (χ1) is 8.66. The molecule has 100 valence electrons. The van der Waals surface area contributed by atoms with Gasteiger partial charge < -0.3 is 9.67 Å². The van der Waals surface area contributed by atoms with Crippen molar-refractivity contribution < 1.29 is 9.90 Å². The van der Waals surface area contributed by atoms with E-state index in [0.717, 1.165) is 29.9 Å². The third-order valence-corrected chi connectivity index (χ3v) is 4.41. The van der Waals surface area contributed by atoms with Gasteiger partial charge in [0.05, 0.1) is 5.75 Å². The predicted octanol–water partition coefficient (Wildman–Crippen LogP) is 2.34. The minimum Gasteiger partial charge on any atom is -0.481 e. The molecular formula is C12H19N3O2S. The summed E-state index contributed by atoms with van der Waals surface area (Å²) in [6.07, 6.45) is 6.52. The lowest BCUT2D eigenvalue weighted by atomic mass is 10.0. The first kappa shape index (κ1) is 13.4. The highest BCUT2D eigenvalue weighted by Gasteiger charge is 2.17. The number of aryl methyl sites for hydroxylation is 1. The molecule has 1 fully saturated rings. The van der Waals surface area contributed by atoms with Crippen molar-refractivity contribution in [1.82, 2.24) is 14.8 Å². The first-order valence-electron chi connectivity index (χ1n) is 6.41. The Morgan fingerprint density at radius 1 is 1.44 bits per heavy atom. The van der Waals surface area contributed by atoms with Crippen LogP contribution in [0.1, 0.15) is 37.9 Å². The van der Waals surface area contributed by atoms with Crippen LogP contribution >= 0.6 is 11.8 Å². The van der Waals surface area contributed by atoms with E-state index in [-0.39, 0.29) is 5.75 Å². The first-order valence-corrected chi connectivity index (χ1v) is 7.40. The average Bonchev–Trinajstić information content (AvgIpc) is 2.94. The molecule has 1 heterocycles. The normalized spacial score (nSPS) is 16.3. The van der Waals surface area contributed by atoms with Crippen LogP contribution in [0, 0.1) is 12.8 Å². The standard InChI is InChI=1S/C12H19N3O2S/c1-9-13-14-12(18-8-11(16)17)15(9)7-6-10-4-2-3-5-10/h10H,2-8H2,1H3,(H,16,17). The molecule has 6 heteroatoms. The number of thioether (sulfide) groups is 1. The summed E-state index contributed by atoms with van der Waals surface area (Å²) in [6.45, 7) is 2.83. The van der Waals surface area contributed by atoms with Gasteiger partial charge in [-0.1, -0.05) is 37.4 Å². The maximum absolute atomic E-state index is 10.6. The molecule has 1 aromatic rings. The van der Waals surface area contributed by atoms with Gasteiger partial charge in [0.15, 0.2) is 5.16 Å². The second kappa shape index (κ2) is 6.22. The van der Waals surface area contributed by atoms with Gasteiger partial charge in [0.25, 0.3) is 0 Å². The van der Waals surface area contributed by atoms with Crippen LogP contribution in [0.5, 0.6) is 0 Å². The summed E-state index contributed by atoms with van der Waals surface area (Å²) in [4.78, 5) is 10.6. The number of carboxylic acids is 1. The second-order valence-corrected chi connectivity index (χ2v) is 5.75. The van der Waals surface area contributed by atoms with Crippen molar-refractivity contribution in [1.29, 1.82) is 0 Å². The lowest BCUT2D eigenvalue weighted by Crippen LogP contribution is -2.08. The molecule has 1 aromatic heterocycles. The molecule has 0 spiro atoms. The Labute approximate surface area is 111 Å². The van der Waals surface area contributed by atoms with Crippen LogP contribution in [-0.2, 0) is 11.3 Å². The summed E-state index contributed by atoms with van der Waals surface area (Å²) >= 11 is 1.25. The number of carboxylic acid groups (broad SMARTS) is 1. The molecule has 0 atom stereocenters. The van der Waals surface area contributed by atoms with E-state index in [1.54, 1.807) is 0 Å². The molecule has 1 aliphatic rings. The van der Waals surface area contributed by atoms with Gasteiger partial charge in [-0.15, -0.1) is 10.2 Å². The van der Waals surface area contributed by atoms with Crippen molar-refractivity contribution in [3.63, 3.8) is 0 Å². The van der Waals surface area contributed by atoms with Gasteiger partial charge in [-0.05, 0) is 19.3 Å². The summed E-state index contributed by atoms with van der Waals surface area (Å²) < 4.78 is 2.05. The van der Waals surface area contributed by atoms with Gasteiger partial charge in [0.2, 0.25) is 0 Å². The molecule has 0 aliphatic heterocycles. The molecule has 1 aliphatic carbocycles. The number of nitrogens with zero attached hydrogens (tertiary/aromatic N) is 3. The van der Waals surface area contributed by atoms with Crippen molar-refractivity contribution in [2.45, 2.75) is 50.7 Å². The van der Waals surface area contributed by atoms with Crippen molar-refractivity contribution >= 4 is 17.7 Å². The Morgan fingerprint density at radius 3 is 2.83 bits per heavy atom. The van der Waals surface area contributed by atoms with Crippen molar-refractivity contribution in [3.05, 3.63) is 5.82 Å². The van der Waals surface area contributed by atoms with Gasteiger partial charge in [-0.25, -0.2) is 0 Å². The van der Waals surface area contributed by atoms with Gasteiger partial charge in [-0.2, -0.15) is 0 Å². The number of aromatic nitrogens is 3. The SMILES string of the molecule is Cc1nnc(SCC(=O)O)n1CCC1CCCC1. The molecule has 0 saturated heterocycles. The van der Waals surface area contributed by atoms with Crippen molar-refractivity contribution in [2.24, 2.45) is 5.92 Å². The number of aliphatic carboxylic acids is 1. The van der Waals surface area contributed by atoms with Crippen LogP contribution in [0.25, 0.3) is 0 Å². The lowest BCUT2D eigenvalue weighted by molar-refractivity contribution is -0.133. The number of hydrogen-bond acceptors (Lipinski definition) is 4. The Hall–Kier alpha value is -1.04. The van der Waals surface area contributed by atoms with Gasteiger partial charge >= 0.3 is 5.97 Å². The Bertz CT molecular complexity index is 413. The topological polar surface area (TPSA) is 68.0 Å². The Kier molecular flexibility index (Phi) is 4.63. The van der Waals surface area contributed by atoms with Crippen molar-refractivity contribution in [3.8, 4) is 0 Å². The zero-order valence-corrected chi connectivity index (χ0v) is 11.4. The number of carbonyl (C=O) groups is 1. The Morgan fingerprint density at radius 2 is 2.17 bits per heavy atom. The molecule has 0 radical (unpaired) electrons. The number of hydrogen-bond donors (Lipinski definition) is 1. The van der Waals surface area contributed by atoms with E-state index < -0.39 is 5.97 Å². The molecule has 0 amide bonds.